The highest BCUT2D eigenvalue weighted by atomic mass is 16.2. The summed E-state index contributed by atoms with van der Waals surface area (Å²) in [5, 5.41) is 3.31. The number of hydrogen-bond donors (Lipinski definition) is 1. The van der Waals surface area contributed by atoms with Gasteiger partial charge in [-0.05, 0) is 29.7 Å². The van der Waals surface area contributed by atoms with E-state index < -0.39 is 0 Å². The van der Waals surface area contributed by atoms with Gasteiger partial charge in [0.2, 0.25) is 5.91 Å². The monoisotopic (exact) mass is 274 g/mol. The molecule has 1 aromatic rings. The number of imide groups is 1. The van der Waals surface area contributed by atoms with Gasteiger partial charge in [0.05, 0.1) is 6.42 Å². The molecule has 4 nitrogen and oxygen atoms in total. The van der Waals surface area contributed by atoms with Crippen LogP contribution in [0.2, 0.25) is 0 Å². The van der Waals surface area contributed by atoms with Gasteiger partial charge in [-0.1, -0.05) is 32.9 Å². The zero-order valence-electron chi connectivity index (χ0n) is 12.8. The maximum Gasteiger partial charge on any atom is 0.260 e. The van der Waals surface area contributed by atoms with Crippen LogP contribution in [0.15, 0.2) is 18.2 Å². The largest absolute Gasteiger partial charge is 0.313 e. The van der Waals surface area contributed by atoms with Gasteiger partial charge in [-0.2, -0.15) is 0 Å². The molecule has 1 N–H and O–H groups in total. The van der Waals surface area contributed by atoms with E-state index >= 15 is 0 Å². The smallest absolute Gasteiger partial charge is 0.260 e. The summed E-state index contributed by atoms with van der Waals surface area (Å²) in [4.78, 5) is 25.1. The predicted molar refractivity (Wildman–Crippen MR) is 78.5 cm³/mol. The number of amides is 2. The van der Waals surface area contributed by atoms with Crippen LogP contribution in [0.4, 0.5) is 0 Å². The fraction of sp³-hybridized carbons (Fsp3) is 0.500. The van der Waals surface area contributed by atoms with E-state index in [9.17, 15) is 9.59 Å². The predicted octanol–water partition coefficient (Wildman–Crippen LogP) is 2.15. The Kier molecular flexibility index (Phi) is 3.69. The fourth-order valence-electron chi connectivity index (χ4n) is 2.80. The van der Waals surface area contributed by atoms with Crippen molar-refractivity contribution < 1.29 is 9.59 Å². The maximum atomic E-state index is 12.2. The summed E-state index contributed by atoms with van der Waals surface area (Å²) in [6.07, 6.45) is 0.303. The molecule has 1 atom stereocenters. The molecule has 108 valence electrons. The van der Waals surface area contributed by atoms with Crippen LogP contribution in [0.3, 0.4) is 0 Å². The van der Waals surface area contributed by atoms with E-state index in [2.05, 4.69) is 26.1 Å². The van der Waals surface area contributed by atoms with Crippen molar-refractivity contribution in [3.63, 3.8) is 0 Å². The standard InChI is InChI=1S/C16H22N2O2/c1-16(2,3)14(17-4)11-7-6-10-9-13(19)18(5)15(20)12(10)8-11/h6-8,14,17H,9H2,1-5H3. The number of carbonyl (C=O) groups excluding carboxylic acids is 2. The minimum Gasteiger partial charge on any atom is -0.313 e. The number of carbonyl (C=O) groups is 2. The van der Waals surface area contributed by atoms with Crippen molar-refractivity contribution in [1.82, 2.24) is 10.2 Å². The van der Waals surface area contributed by atoms with Crippen LogP contribution in [0.1, 0.15) is 48.3 Å². The van der Waals surface area contributed by atoms with Gasteiger partial charge in [0.25, 0.3) is 5.91 Å². The third-order valence-electron chi connectivity index (χ3n) is 3.87. The fourth-order valence-corrected chi connectivity index (χ4v) is 2.80. The van der Waals surface area contributed by atoms with Crippen LogP contribution in [0.25, 0.3) is 0 Å². The summed E-state index contributed by atoms with van der Waals surface area (Å²) in [5.41, 5.74) is 2.59. The van der Waals surface area contributed by atoms with Gasteiger partial charge in [-0.15, -0.1) is 0 Å². The molecule has 0 saturated carbocycles. The van der Waals surface area contributed by atoms with Crippen LogP contribution in [0, 0.1) is 5.41 Å². The normalized spacial score (nSPS) is 17.1. The highest BCUT2D eigenvalue weighted by Crippen LogP contribution is 2.34. The Labute approximate surface area is 120 Å². The SMILES string of the molecule is CNC(c1ccc2c(c1)C(=O)N(C)C(=O)C2)C(C)(C)C. The Bertz CT molecular complexity index is 558. The molecule has 1 aliphatic heterocycles. The Hall–Kier alpha value is -1.68. The second kappa shape index (κ2) is 5.02. The van der Waals surface area contributed by atoms with E-state index in [0.29, 0.717) is 12.0 Å². The van der Waals surface area contributed by atoms with E-state index in [4.69, 9.17) is 0 Å². The summed E-state index contributed by atoms with van der Waals surface area (Å²) in [6, 6.07) is 6.00. The Morgan fingerprint density at radius 3 is 2.45 bits per heavy atom. The van der Waals surface area contributed by atoms with E-state index in [0.717, 1.165) is 11.1 Å². The van der Waals surface area contributed by atoms with Crippen molar-refractivity contribution in [2.24, 2.45) is 5.41 Å². The Morgan fingerprint density at radius 2 is 1.90 bits per heavy atom. The number of likely N-dealkylation sites (N-methyl/N-ethyl adjacent to an activating group) is 1. The van der Waals surface area contributed by atoms with Gasteiger partial charge in [0, 0.05) is 18.7 Å². The first-order chi connectivity index (χ1) is 9.25. The Morgan fingerprint density at radius 1 is 1.25 bits per heavy atom. The Balaban J connectivity index is 2.47. The lowest BCUT2D eigenvalue weighted by molar-refractivity contribution is -0.127. The molecule has 0 bridgehead atoms. The lowest BCUT2D eigenvalue weighted by Gasteiger charge is -2.32. The van der Waals surface area contributed by atoms with Crippen molar-refractivity contribution in [3.8, 4) is 0 Å². The van der Waals surface area contributed by atoms with Gasteiger partial charge in [-0.25, -0.2) is 0 Å². The van der Waals surface area contributed by atoms with Crippen LogP contribution in [0.5, 0.6) is 0 Å². The molecule has 2 rings (SSSR count). The number of nitrogens with zero attached hydrogens (tertiary/aromatic N) is 1. The van der Waals surface area contributed by atoms with Gasteiger partial charge >= 0.3 is 0 Å². The molecule has 0 aromatic heterocycles. The number of fused-ring (bicyclic) bond motifs is 1. The highest BCUT2D eigenvalue weighted by Gasteiger charge is 2.30. The maximum absolute atomic E-state index is 12.2. The summed E-state index contributed by atoms with van der Waals surface area (Å²) in [5.74, 6) is -0.349. The molecule has 1 aromatic carbocycles. The lowest BCUT2D eigenvalue weighted by Crippen LogP contribution is -2.39. The van der Waals surface area contributed by atoms with Crippen LogP contribution in [-0.4, -0.2) is 30.8 Å². The molecule has 2 amide bonds. The van der Waals surface area contributed by atoms with Crippen LogP contribution in [-0.2, 0) is 11.2 Å². The van der Waals surface area contributed by atoms with Crippen molar-refractivity contribution in [3.05, 3.63) is 34.9 Å². The molecular weight excluding hydrogens is 252 g/mol. The third-order valence-corrected chi connectivity index (χ3v) is 3.87. The minimum absolute atomic E-state index is 0.0441. The number of benzene rings is 1. The molecule has 0 aliphatic carbocycles. The molecule has 1 unspecified atom stereocenters. The average molecular weight is 274 g/mol. The highest BCUT2D eigenvalue weighted by molar-refractivity contribution is 6.09. The van der Waals surface area contributed by atoms with E-state index in [1.807, 2.05) is 25.2 Å². The molecular formula is C16H22N2O2. The molecule has 1 heterocycles. The molecule has 0 spiro atoms. The van der Waals surface area contributed by atoms with Gasteiger partial charge < -0.3 is 5.32 Å². The summed E-state index contributed by atoms with van der Waals surface area (Å²) in [7, 11) is 3.46. The van der Waals surface area contributed by atoms with Crippen LogP contribution < -0.4 is 5.32 Å². The second-order valence-corrected chi connectivity index (χ2v) is 6.44. The average Bonchev–Trinajstić information content (AvgIpc) is 2.36. The van der Waals surface area contributed by atoms with E-state index in [1.165, 1.54) is 4.90 Å². The van der Waals surface area contributed by atoms with E-state index in [1.54, 1.807) is 7.05 Å². The summed E-state index contributed by atoms with van der Waals surface area (Å²) in [6.45, 7) is 6.47. The number of nitrogens with one attached hydrogen (secondary N) is 1. The van der Waals surface area contributed by atoms with Gasteiger partial charge in [-0.3, -0.25) is 14.5 Å². The van der Waals surface area contributed by atoms with Crippen LogP contribution >= 0.6 is 0 Å². The summed E-state index contributed by atoms with van der Waals surface area (Å²) >= 11 is 0. The molecule has 0 saturated heterocycles. The quantitative estimate of drug-likeness (QED) is 0.841. The topological polar surface area (TPSA) is 49.4 Å². The first-order valence-electron chi connectivity index (χ1n) is 6.86. The molecule has 0 radical (unpaired) electrons. The molecule has 4 heteroatoms. The van der Waals surface area contributed by atoms with Gasteiger partial charge in [0.15, 0.2) is 0 Å². The number of rotatable bonds is 2. The number of hydrogen-bond acceptors (Lipinski definition) is 3. The third kappa shape index (κ3) is 2.48. The molecule has 0 fully saturated rings. The van der Waals surface area contributed by atoms with Crippen molar-refractivity contribution in [2.45, 2.75) is 33.2 Å². The van der Waals surface area contributed by atoms with E-state index in [-0.39, 0.29) is 23.3 Å². The van der Waals surface area contributed by atoms with Crippen molar-refractivity contribution >= 4 is 11.8 Å². The first-order valence-corrected chi connectivity index (χ1v) is 6.86. The molecule has 1 aliphatic rings. The minimum atomic E-state index is -0.207. The molecule has 20 heavy (non-hydrogen) atoms. The van der Waals surface area contributed by atoms with Crippen molar-refractivity contribution in [2.75, 3.05) is 14.1 Å². The lowest BCUT2D eigenvalue weighted by atomic mass is 9.81. The zero-order chi connectivity index (χ0) is 15.1. The van der Waals surface area contributed by atoms with Crippen molar-refractivity contribution in [1.29, 1.82) is 0 Å². The summed E-state index contributed by atoms with van der Waals surface area (Å²) < 4.78 is 0. The first kappa shape index (κ1) is 14.7. The van der Waals surface area contributed by atoms with Gasteiger partial charge in [0.1, 0.15) is 0 Å². The zero-order valence-corrected chi connectivity index (χ0v) is 12.8. The second-order valence-electron chi connectivity index (χ2n) is 6.44.